The van der Waals surface area contributed by atoms with E-state index >= 15 is 0 Å². The second kappa shape index (κ2) is 15.5. The Bertz CT molecular complexity index is 734. The van der Waals surface area contributed by atoms with Crippen LogP contribution in [0.15, 0.2) is 24.3 Å². The van der Waals surface area contributed by atoms with Crippen molar-refractivity contribution in [3.05, 3.63) is 29.8 Å². The summed E-state index contributed by atoms with van der Waals surface area (Å²) in [5.74, 6) is -3.65. The normalized spacial score (nSPS) is 17.9. The fraction of sp³-hybridized carbons (Fsp3) is 0.571. The van der Waals surface area contributed by atoms with Gasteiger partial charge in [-0.2, -0.15) is 0 Å². The van der Waals surface area contributed by atoms with Crippen LogP contribution < -0.4 is 21.1 Å². The average Bonchev–Trinajstić information content (AvgIpc) is 2.70. The minimum atomic E-state index is -1.25. The molecule has 0 atom stereocenters. The van der Waals surface area contributed by atoms with Gasteiger partial charge in [0.05, 0.1) is 17.9 Å². The van der Waals surface area contributed by atoms with E-state index in [0.717, 1.165) is 5.56 Å². The van der Waals surface area contributed by atoms with Crippen LogP contribution in [0.3, 0.4) is 0 Å². The fourth-order valence-electron chi connectivity index (χ4n) is 3.64. The summed E-state index contributed by atoms with van der Waals surface area (Å²) in [5.41, 5.74) is 7.44. The van der Waals surface area contributed by atoms with Crippen LogP contribution in [0.1, 0.15) is 5.56 Å². The Morgan fingerprint density at radius 3 is 1.24 bits per heavy atom. The Morgan fingerprint density at radius 1 is 0.636 bits per heavy atom. The number of nitrogen functional groups attached to an aromatic ring is 1. The fourth-order valence-corrected chi connectivity index (χ4v) is 3.64. The van der Waals surface area contributed by atoms with Crippen molar-refractivity contribution in [2.45, 2.75) is 6.54 Å². The molecule has 0 bridgehead atoms. The molecule has 1 heterocycles. The van der Waals surface area contributed by atoms with Gasteiger partial charge in [0.25, 0.3) is 0 Å². The van der Waals surface area contributed by atoms with Crippen molar-refractivity contribution in [2.24, 2.45) is 0 Å². The van der Waals surface area contributed by atoms with Crippen molar-refractivity contribution in [3.8, 4) is 0 Å². The molecule has 0 amide bonds. The molecule has 0 aliphatic carbocycles. The Morgan fingerprint density at radius 2 is 0.939 bits per heavy atom. The number of hydrogen-bond donors (Lipinski definition) is 1. The number of rotatable bonds is 8. The Kier molecular flexibility index (Phi) is 13.9. The molecule has 2 N–H and O–H groups in total. The molecule has 1 aromatic rings. The molecule has 0 aromatic heterocycles. The van der Waals surface area contributed by atoms with Crippen LogP contribution >= 0.6 is 0 Å². The van der Waals surface area contributed by atoms with Crippen LogP contribution in [0.5, 0.6) is 0 Å². The summed E-state index contributed by atoms with van der Waals surface area (Å²) in [6.07, 6.45) is 0. The summed E-state index contributed by atoms with van der Waals surface area (Å²) in [7, 11) is 0. The molecule has 0 spiro atoms. The van der Waals surface area contributed by atoms with Gasteiger partial charge in [-0.15, -0.1) is 0 Å². The van der Waals surface area contributed by atoms with E-state index in [2.05, 4.69) is 4.90 Å². The average molecular weight is 606 g/mol. The van der Waals surface area contributed by atoms with Crippen molar-refractivity contribution in [1.29, 1.82) is 0 Å². The smallest absolute Gasteiger partial charge is 0.549 e. The van der Waals surface area contributed by atoms with E-state index in [1.54, 1.807) is 14.7 Å². The van der Waals surface area contributed by atoms with E-state index in [1.165, 1.54) is 0 Å². The van der Waals surface area contributed by atoms with Gasteiger partial charge < -0.3 is 35.4 Å². The minimum Gasteiger partial charge on any atom is -0.549 e. The maximum Gasteiger partial charge on any atom is 3.00 e. The third-order valence-corrected chi connectivity index (χ3v) is 5.37. The van der Waals surface area contributed by atoms with E-state index in [1.807, 2.05) is 24.3 Å². The maximum atomic E-state index is 11.2. The second-order valence-corrected chi connectivity index (χ2v) is 7.96. The Labute approximate surface area is 225 Å². The van der Waals surface area contributed by atoms with Crippen molar-refractivity contribution < 1.29 is 69.6 Å². The number of nitrogens with two attached hydrogens (primary N) is 1. The van der Waals surface area contributed by atoms with Crippen molar-refractivity contribution in [1.82, 2.24) is 19.6 Å². The summed E-state index contributed by atoms with van der Waals surface area (Å²) >= 11 is 0. The first kappa shape index (κ1) is 29.6. The van der Waals surface area contributed by atoms with Crippen LogP contribution in [0, 0.1) is 39.9 Å². The van der Waals surface area contributed by atoms with Gasteiger partial charge in [0, 0.05) is 84.2 Å². The van der Waals surface area contributed by atoms with Crippen LogP contribution in [-0.4, -0.2) is 109 Å². The minimum absolute atomic E-state index is 0. The van der Waals surface area contributed by atoms with Crippen molar-refractivity contribution in [3.63, 3.8) is 0 Å². The summed E-state index contributed by atoms with van der Waals surface area (Å²) < 4.78 is 0. The second-order valence-electron chi connectivity index (χ2n) is 7.96. The topological polar surface area (TPSA) is 159 Å². The van der Waals surface area contributed by atoms with E-state index in [0.29, 0.717) is 64.6 Å². The Balaban J connectivity index is 0.00000544. The molecule has 1 aliphatic rings. The number of carboxylic acids is 3. The molecule has 1 aliphatic heterocycles. The van der Waals surface area contributed by atoms with Crippen LogP contribution in [0.2, 0.25) is 0 Å². The van der Waals surface area contributed by atoms with Gasteiger partial charge in [-0.05, 0) is 17.7 Å². The monoisotopic (exact) mass is 606 g/mol. The number of carbonyl (C=O) groups excluding carboxylic acids is 3. The first-order valence-corrected chi connectivity index (χ1v) is 10.5. The van der Waals surface area contributed by atoms with E-state index < -0.39 is 17.9 Å². The van der Waals surface area contributed by atoms with Gasteiger partial charge in [0.2, 0.25) is 0 Å². The molecule has 0 saturated carbocycles. The molecule has 2 rings (SSSR count). The van der Waals surface area contributed by atoms with Gasteiger partial charge >= 0.3 is 39.9 Å². The zero-order valence-corrected chi connectivity index (χ0v) is 20.7. The van der Waals surface area contributed by atoms with Gasteiger partial charge in [-0.3, -0.25) is 19.6 Å². The quantitative estimate of drug-likeness (QED) is 0.284. The van der Waals surface area contributed by atoms with Crippen LogP contribution in [-0.2, 0) is 20.9 Å². The summed E-state index contributed by atoms with van der Waals surface area (Å²) in [4.78, 5) is 40.6. The van der Waals surface area contributed by atoms with Crippen molar-refractivity contribution >= 4 is 23.6 Å². The number of anilines is 1. The molecule has 12 heteroatoms. The van der Waals surface area contributed by atoms with Crippen LogP contribution in [0.4, 0.5) is 5.69 Å². The van der Waals surface area contributed by atoms with Crippen molar-refractivity contribution in [2.75, 3.05) is 77.7 Å². The number of nitrogens with zero attached hydrogens (tertiary/aromatic N) is 4. The molecule has 0 unspecified atom stereocenters. The van der Waals surface area contributed by atoms with Gasteiger partial charge in [-0.1, -0.05) is 12.1 Å². The number of hydrogen-bond acceptors (Lipinski definition) is 11. The standard InChI is InChI=1S/C21H33N5O6.Gd/c22-18-3-1-17(2-4-18)13-23-5-7-24(14-19(27)28)9-11-26(16-21(31)32)12-10-25(8-6-23)15-20(29)30;/h1-4H,5-16,22H2,(H,27,28)(H,29,30)(H,31,32);/q;+3/p-3. The molecule has 1 fully saturated rings. The summed E-state index contributed by atoms with van der Waals surface area (Å²) in [5, 5.41) is 33.5. The first-order valence-electron chi connectivity index (χ1n) is 10.5. The van der Waals surface area contributed by atoms with Gasteiger partial charge in [0.1, 0.15) is 0 Å². The Hall–Kier alpha value is -1.41. The first-order chi connectivity index (χ1) is 15.2. The van der Waals surface area contributed by atoms with E-state index in [-0.39, 0.29) is 59.6 Å². The van der Waals surface area contributed by atoms with Gasteiger partial charge in [0.15, 0.2) is 0 Å². The molecule has 1 aromatic carbocycles. The molecular weight excluding hydrogens is 576 g/mol. The number of aliphatic carboxylic acids is 3. The molecular formula is C21H30GdN5O6. The predicted molar refractivity (Wildman–Crippen MR) is 110 cm³/mol. The third-order valence-electron chi connectivity index (χ3n) is 5.37. The predicted octanol–water partition coefficient (Wildman–Crippen LogP) is -4.76. The third kappa shape index (κ3) is 12.6. The van der Waals surface area contributed by atoms with E-state index in [9.17, 15) is 29.7 Å². The summed E-state index contributed by atoms with van der Waals surface area (Å²) in [6, 6.07) is 7.45. The zero-order valence-electron chi connectivity index (χ0n) is 18.5. The molecule has 1 radical (unpaired) electrons. The number of carbonyl (C=O) groups is 3. The number of carboxylic acid groups (broad SMARTS) is 3. The molecule has 11 nitrogen and oxygen atoms in total. The maximum absolute atomic E-state index is 11.2. The summed E-state index contributed by atoms with van der Waals surface area (Å²) in [6.45, 7) is 2.97. The zero-order chi connectivity index (χ0) is 23.5. The molecule has 1 saturated heterocycles. The number of benzene rings is 1. The molecule has 183 valence electrons. The SMILES string of the molecule is Nc1ccc(CN2CCN(CC(=O)[O-])CCN(CC(=O)[O-])CCN(CC(=O)[O-])CC2)cc1.[Gd+3]. The molecule has 33 heavy (non-hydrogen) atoms. The van der Waals surface area contributed by atoms with Crippen LogP contribution in [0.25, 0.3) is 0 Å². The van der Waals surface area contributed by atoms with Gasteiger partial charge in [-0.25, -0.2) is 0 Å². The largest absolute Gasteiger partial charge is 3.00 e. The van der Waals surface area contributed by atoms with E-state index in [4.69, 9.17) is 5.73 Å².